The minimum Gasteiger partial charge on any atom is -0.312 e. The Morgan fingerprint density at radius 1 is 1.40 bits per heavy atom. The Labute approximate surface area is 132 Å². The van der Waals surface area contributed by atoms with Crippen LogP contribution in [0.5, 0.6) is 0 Å². The van der Waals surface area contributed by atoms with Gasteiger partial charge in [0.2, 0.25) is 0 Å². The third-order valence-electron chi connectivity index (χ3n) is 4.21. The number of hydrogen-bond donors (Lipinski definition) is 1. The average molecular weight is 379 g/mol. The summed E-state index contributed by atoms with van der Waals surface area (Å²) >= 11 is 4.74. The first-order valence-electron chi connectivity index (χ1n) is 7.01. The fourth-order valence-electron chi connectivity index (χ4n) is 3.18. The van der Waals surface area contributed by atoms with E-state index in [2.05, 4.69) is 21.2 Å². The molecule has 4 nitrogen and oxygen atoms in total. The van der Waals surface area contributed by atoms with Gasteiger partial charge in [0.25, 0.3) is 10.0 Å². The highest BCUT2D eigenvalue weighted by atomic mass is 79.9. The molecule has 0 aromatic carbocycles. The predicted molar refractivity (Wildman–Crippen MR) is 84.7 cm³/mol. The van der Waals surface area contributed by atoms with Crippen LogP contribution in [0.3, 0.4) is 0 Å². The minimum absolute atomic E-state index is 0.128. The van der Waals surface area contributed by atoms with E-state index in [4.69, 9.17) is 0 Å². The van der Waals surface area contributed by atoms with Gasteiger partial charge in [0.1, 0.15) is 4.21 Å². The standard InChI is InChI=1S/C13H19BrN2O2S2/c1-9-8-12(19-13(9)14)20(17,18)16-7-3-5-11(16)10-4-2-6-15-10/h8,10-11,15H,2-7H2,1H3. The number of halogens is 1. The summed E-state index contributed by atoms with van der Waals surface area (Å²) in [6.45, 7) is 3.60. The van der Waals surface area contributed by atoms with E-state index in [-0.39, 0.29) is 6.04 Å². The Hall–Kier alpha value is 0.0500. The van der Waals surface area contributed by atoms with Crippen molar-refractivity contribution in [1.29, 1.82) is 0 Å². The number of nitrogens with zero attached hydrogens (tertiary/aromatic N) is 1. The van der Waals surface area contributed by atoms with Crippen LogP contribution in [-0.4, -0.2) is 37.9 Å². The van der Waals surface area contributed by atoms with Crippen molar-refractivity contribution in [2.75, 3.05) is 13.1 Å². The zero-order valence-corrected chi connectivity index (χ0v) is 14.7. The van der Waals surface area contributed by atoms with Gasteiger partial charge in [0.15, 0.2) is 0 Å². The first-order valence-corrected chi connectivity index (χ1v) is 10.1. The van der Waals surface area contributed by atoms with Crippen molar-refractivity contribution in [3.8, 4) is 0 Å². The normalized spacial score (nSPS) is 28.3. The largest absolute Gasteiger partial charge is 0.312 e. The summed E-state index contributed by atoms with van der Waals surface area (Å²) in [4.78, 5) is 0. The second-order valence-corrected chi connectivity index (χ2v) is 10.0. The quantitative estimate of drug-likeness (QED) is 0.879. The Kier molecular flexibility index (Phi) is 4.25. The smallest absolute Gasteiger partial charge is 0.252 e. The van der Waals surface area contributed by atoms with Crippen LogP contribution in [0.25, 0.3) is 0 Å². The maximum Gasteiger partial charge on any atom is 0.252 e. The number of hydrogen-bond acceptors (Lipinski definition) is 4. The molecule has 2 aliphatic rings. The molecule has 2 aliphatic heterocycles. The van der Waals surface area contributed by atoms with Gasteiger partial charge in [-0.05, 0) is 66.7 Å². The molecular weight excluding hydrogens is 360 g/mol. The molecule has 7 heteroatoms. The van der Waals surface area contributed by atoms with E-state index >= 15 is 0 Å². The number of sulfonamides is 1. The Morgan fingerprint density at radius 2 is 2.20 bits per heavy atom. The molecule has 1 aromatic rings. The molecule has 20 heavy (non-hydrogen) atoms. The van der Waals surface area contributed by atoms with Gasteiger partial charge in [-0.25, -0.2) is 8.42 Å². The first-order chi connectivity index (χ1) is 9.50. The van der Waals surface area contributed by atoms with Gasteiger partial charge < -0.3 is 5.32 Å². The molecule has 3 heterocycles. The molecule has 0 spiro atoms. The minimum atomic E-state index is -3.35. The molecule has 1 aromatic heterocycles. The highest BCUT2D eigenvalue weighted by Crippen LogP contribution is 2.36. The van der Waals surface area contributed by atoms with Crippen LogP contribution in [-0.2, 0) is 10.0 Å². The van der Waals surface area contributed by atoms with Crippen molar-refractivity contribution in [1.82, 2.24) is 9.62 Å². The Balaban J connectivity index is 1.89. The highest BCUT2D eigenvalue weighted by molar-refractivity contribution is 9.11. The fraction of sp³-hybridized carbons (Fsp3) is 0.692. The number of nitrogens with one attached hydrogen (secondary N) is 1. The van der Waals surface area contributed by atoms with Crippen molar-refractivity contribution in [2.45, 2.75) is 48.9 Å². The summed E-state index contributed by atoms with van der Waals surface area (Å²) in [7, 11) is -3.35. The SMILES string of the molecule is Cc1cc(S(=O)(=O)N2CCCC2C2CCCN2)sc1Br. The summed E-state index contributed by atoms with van der Waals surface area (Å²) in [6, 6.07) is 2.24. The lowest BCUT2D eigenvalue weighted by atomic mass is 10.1. The number of thiophene rings is 1. The Morgan fingerprint density at radius 3 is 2.80 bits per heavy atom. The highest BCUT2D eigenvalue weighted by Gasteiger charge is 2.41. The third-order valence-corrected chi connectivity index (χ3v) is 8.72. The second kappa shape index (κ2) is 5.68. The molecule has 112 valence electrons. The number of aryl methyl sites for hydroxylation is 1. The lowest BCUT2D eigenvalue weighted by molar-refractivity contribution is 0.322. The Bertz CT molecular complexity index is 574. The van der Waals surface area contributed by atoms with E-state index < -0.39 is 10.0 Å². The molecule has 3 rings (SSSR count). The first kappa shape index (κ1) is 15.0. The monoisotopic (exact) mass is 378 g/mol. The summed E-state index contributed by atoms with van der Waals surface area (Å²) in [6.07, 6.45) is 4.18. The van der Waals surface area contributed by atoms with Crippen LogP contribution in [0.4, 0.5) is 0 Å². The van der Waals surface area contributed by atoms with Crippen LogP contribution in [0.1, 0.15) is 31.2 Å². The van der Waals surface area contributed by atoms with Crippen molar-refractivity contribution >= 4 is 37.3 Å². The van der Waals surface area contributed by atoms with Gasteiger partial charge in [0, 0.05) is 18.6 Å². The van der Waals surface area contributed by atoms with Crippen LogP contribution in [0.15, 0.2) is 14.1 Å². The summed E-state index contributed by atoms with van der Waals surface area (Å²) in [5.41, 5.74) is 0.989. The predicted octanol–water partition coefficient (Wildman–Crippen LogP) is 2.72. The van der Waals surface area contributed by atoms with E-state index in [0.717, 1.165) is 41.6 Å². The topological polar surface area (TPSA) is 49.4 Å². The van der Waals surface area contributed by atoms with Gasteiger partial charge in [-0.1, -0.05) is 0 Å². The van der Waals surface area contributed by atoms with Gasteiger partial charge in [0.05, 0.1) is 3.79 Å². The molecule has 0 bridgehead atoms. The summed E-state index contributed by atoms with van der Waals surface area (Å²) in [5.74, 6) is 0. The third kappa shape index (κ3) is 2.59. The lowest BCUT2D eigenvalue weighted by Crippen LogP contribution is -2.46. The molecule has 0 radical (unpaired) electrons. The molecule has 1 N–H and O–H groups in total. The van der Waals surface area contributed by atoms with Crippen LogP contribution >= 0.6 is 27.3 Å². The molecule has 0 saturated carbocycles. The van der Waals surface area contributed by atoms with Crippen LogP contribution in [0, 0.1) is 6.92 Å². The number of rotatable bonds is 3. The van der Waals surface area contributed by atoms with E-state index in [1.54, 1.807) is 10.4 Å². The van der Waals surface area contributed by atoms with Gasteiger partial charge in [-0.2, -0.15) is 4.31 Å². The maximum absolute atomic E-state index is 12.9. The van der Waals surface area contributed by atoms with E-state index in [9.17, 15) is 8.42 Å². The molecule has 0 aliphatic carbocycles. The van der Waals surface area contributed by atoms with Crippen molar-refractivity contribution in [3.63, 3.8) is 0 Å². The maximum atomic E-state index is 12.9. The van der Waals surface area contributed by atoms with Crippen molar-refractivity contribution < 1.29 is 8.42 Å². The molecular formula is C13H19BrN2O2S2. The second-order valence-electron chi connectivity index (χ2n) is 5.55. The van der Waals surface area contributed by atoms with Crippen molar-refractivity contribution in [3.05, 3.63) is 15.4 Å². The van der Waals surface area contributed by atoms with Gasteiger partial charge >= 0.3 is 0 Å². The summed E-state index contributed by atoms with van der Waals surface area (Å²) < 4.78 is 28.8. The molecule has 0 amide bonds. The van der Waals surface area contributed by atoms with E-state index in [1.165, 1.54) is 11.3 Å². The van der Waals surface area contributed by atoms with Gasteiger partial charge in [-0.15, -0.1) is 11.3 Å². The van der Waals surface area contributed by atoms with Crippen LogP contribution in [0.2, 0.25) is 0 Å². The molecule has 2 saturated heterocycles. The van der Waals surface area contributed by atoms with E-state index in [0.29, 0.717) is 16.8 Å². The molecule has 2 fully saturated rings. The fourth-order valence-corrected chi connectivity index (χ4v) is 7.27. The molecule has 2 unspecified atom stereocenters. The zero-order chi connectivity index (χ0) is 14.3. The average Bonchev–Trinajstić information content (AvgIpc) is 3.10. The zero-order valence-electron chi connectivity index (χ0n) is 11.4. The summed E-state index contributed by atoms with van der Waals surface area (Å²) in [5, 5.41) is 3.46. The van der Waals surface area contributed by atoms with Gasteiger partial charge in [-0.3, -0.25) is 0 Å². The van der Waals surface area contributed by atoms with Crippen molar-refractivity contribution in [2.24, 2.45) is 0 Å². The van der Waals surface area contributed by atoms with E-state index in [1.807, 2.05) is 6.92 Å². The molecule has 2 atom stereocenters. The lowest BCUT2D eigenvalue weighted by Gasteiger charge is -2.28. The van der Waals surface area contributed by atoms with Crippen LogP contribution < -0.4 is 5.32 Å².